The van der Waals surface area contributed by atoms with Crippen molar-refractivity contribution in [3.63, 3.8) is 0 Å². The third-order valence-corrected chi connectivity index (χ3v) is 14.0. The monoisotopic (exact) mass is 845 g/mol. The summed E-state index contributed by atoms with van der Waals surface area (Å²) >= 11 is 0. The van der Waals surface area contributed by atoms with Gasteiger partial charge in [0.25, 0.3) is 0 Å². The van der Waals surface area contributed by atoms with Crippen molar-refractivity contribution >= 4 is 65.6 Å². The standard InChI is InChI=1S/C60H39N5O/c1-60(2)47-29-12-9-24-45(47)52-46(28-16-30-48(52)60)58-61-57(37-20-7-4-8-21-37)62-59(63-58)65-50-32-14-11-23-40(50)42-35-34-41-39-22-10-13-31-49(39)64(53(41)54(42)65)51-33-17-27-44-43-26-15-25-38(55(43)66-56(44)51)36-18-5-3-6-19-36/h3-35H,1-2H3. The van der Waals surface area contributed by atoms with E-state index < -0.39 is 0 Å². The van der Waals surface area contributed by atoms with E-state index in [2.05, 4.69) is 205 Å². The Morgan fingerprint density at radius 3 is 1.67 bits per heavy atom. The van der Waals surface area contributed by atoms with Crippen LogP contribution < -0.4 is 0 Å². The van der Waals surface area contributed by atoms with Crippen molar-refractivity contribution in [3.05, 3.63) is 211 Å². The Morgan fingerprint density at radius 1 is 0.379 bits per heavy atom. The lowest BCUT2D eigenvalue weighted by molar-refractivity contribution is 0.660. The molecule has 1 aliphatic rings. The number of furan rings is 1. The SMILES string of the molecule is CC1(C)c2ccccc2-c2c(-c3nc(-c4ccccc4)nc(-n4c5ccccc5c5ccc6c7ccccc7n(-c7cccc8c7oc7c(-c9ccccc9)cccc78)c6c54)n3)cccc21. The van der Waals surface area contributed by atoms with Crippen LogP contribution in [0.1, 0.15) is 25.0 Å². The van der Waals surface area contributed by atoms with Crippen LogP contribution in [0.25, 0.3) is 122 Å². The molecule has 0 atom stereocenters. The number of hydrogen-bond donors (Lipinski definition) is 0. The molecule has 9 aromatic carbocycles. The number of fused-ring (bicyclic) bond motifs is 13. The molecule has 4 aromatic heterocycles. The quantitative estimate of drug-likeness (QED) is 0.173. The van der Waals surface area contributed by atoms with Crippen molar-refractivity contribution in [2.75, 3.05) is 0 Å². The second-order valence-corrected chi connectivity index (χ2v) is 17.9. The maximum Gasteiger partial charge on any atom is 0.238 e. The van der Waals surface area contributed by atoms with Crippen molar-refractivity contribution in [1.29, 1.82) is 0 Å². The normalized spacial score (nSPS) is 13.1. The van der Waals surface area contributed by atoms with E-state index in [0.29, 0.717) is 17.6 Å². The lowest BCUT2D eigenvalue weighted by Crippen LogP contribution is -2.14. The van der Waals surface area contributed by atoms with E-state index in [1.165, 1.54) is 22.3 Å². The highest BCUT2D eigenvalue weighted by Crippen LogP contribution is 2.52. The fraction of sp³-hybridized carbons (Fsp3) is 0.0500. The second kappa shape index (κ2) is 13.7. The second-order valence-electron chi connectivity index (χ2n) is 17.9. The molecule has 6 heteroatoms. The van der Waals surface area contributed by atoms with E-state index in [1.54, 1.807) is 0 Å². The molecule has 14 rings (SSSR count). The zero-order valence-corrected chi connectivity index (χ0v) is 36.2. The number of para-hydroxylation sites is 4. The van der Waals surface area contributed by atoms with Crippen LogP contribution in [0.2, 0.25) is 0 Å². The Kier molecular flexibility index (Phi) is 7.64. The molecule has 13 aromatic rings. The molecule has 6 nitrogen and oxygen atoms in total. The van der Waals surface area contributed by atoms with Gasteiger partial charge in [-0.2, -0.15) is 9.97 Å². The van der Waals surface area contributed by atoms with Gasteiger partial charge in [-0.3, -0.25) is 4.57 Å². The smallest absolute Gasteiger partial charge is 0.238 e. The molecule has 0 fully saturated rings. The van der Waals surface area contributed by atoms with E-state index in [4.69, 9.17) is 19.4 Å². The maximum atomic E-state index is 7.12. The number of nitrogens with zero attached hydrogens (tertiary/aromatic N) is 5. The lowest BCUT2D eigenvalue weighted by Gasteiger charge is -2.21. The maximum absolute atomic E-state index is 7.12. The molecule has 0 saturated carbocycles. The molecular formula is C60H39N5O. The number of aromatic nitrogens is 5. The summed E-state index contributed by atoms with van der Waals surface area (Å²) in [4.78, 5) is 16.3. The summed E-state index contributed by atoms with van der Waals surface area (Å²) in [5, 5.41) is 6.63. The van der Waals surface area contributed by atoms with Gasteiger partial charge in [0, 0.05) is 54.4 Å². The van der Waals surface area contributed by atoms with E-state index in [-0.39, 0.29) is 5.41 Å². The van der Waals surface area contributed by atoms with Crippen LogP contribution in [0.3, 0.4) is 0 Å². The van der Waals surface area contributed by atoms with Gasteiger partial charge in [-0.15, -0.1) is 0 Å². The molecule has 0 unspecified atom stereocenters. The van der Waals surface area contributed by atoms with Gasteiger partial charge in [0.05, 0.1) is 27.8 Å². The van der Waals surface area contributed by atoms with Crippen molar-refractivity contribution in [2.24, 2.45) is 0 Å². The van der Waals surface area contributed by atoms with Gasteiger partial charge in [0.2, 0.25) is 5.95 Å². The Labute approximate surface area is 379 Å². The summed E-state index contributed by atoms with van der Waals surface area (Å²) < 4.78 is 11.8. The van der Waals surface area contributed by atoms with Crippen molar-refractivity contribution in [1.82, 2.24) is 24.1 Å². The van der Waals surface area contributed by atoms with Crippen molar-refractivity contribution in [3.8, 4) is 56.7 Å². The van der Waals surface area contributed by atoms with Crippen LogP contribution >= 0.6 is 0 Å². The highest BCUT2D eigenvalue weighted by Gasteiger charge is 2.37. The lowest BCUT2D eigenvalue weighted by atomic mass is 9.82. The molecule has 0 saturated heterocycles. The zero-order valence-electron chi connectivity index (χ0n) is 36.2. The first-order valence-corrected chi connectivity index (χ1v) is 22.5. The fourth-order valence-electron chi connectivity index (χ4n) is 11.0. The summed E-state index contributed by atoms with van der Waals surface area (Å²) in [6, 6.07) is 70.9. The van der Waals surface area contributed by atoms with Crippen molar-refractivity contribution in [2.45, 2.75) is 19.3 Å². The Bertz CT molecular complexity index is 4140. The average molecular weight is 846 g/mol. The van der Waals surface area contributed by atoms with E-state index in [1.807, 2.05) is 18.2 Å². The van der Waals surface area contributed by atoms with Gasteiger partial charge in [-0.1, -0.05) is 196 Å². The van der Waals surface area contributed by atoms with E-state index >= 15 is 0 Å². The largest absolute Gasteiger partial charge is 0.453 e. The molecule has 0 N–H and O–H groups in total. The fourth-order valence-corrected chi connectivity index (χ4v) is 11.0. The van der Waals surface area contributed by atoms with Crippen LogP contribution in [0.4, 0.5) is 0 Å². The van der Waals surface area contributed by atoms with Crippen LogP contribution in [0.15, 0.2) is 205 Å². The summed E-state index contributed by atoms with van der Waals surface area (Å²) in [5.74, 6) is 1.79. The van der Waals surface area contributed by atoms with Gasteiger partial charge < -0.3 is 8.98 Å². The predicted octanol–water partition coefficient (Wildman–Crippen LogP) is 15.3. The molecular weight excluding hydrogens is 807 g/mol. The summed E-state index contributed by atoms with van der Waals surface area (Å²) in [7, 11) is 0. The molecule has 4 heterocycles. The number of benzene rings is 9. The third-order valence-electron chi connectivity index (χ3n) is 14.0. The first kappa shape index (κ1) is 36.8. The van der Waals surface area contributed by atoms with Crippen LogP contribution in [-0.2, 0) is 5.41 Å². The van der Waals surface area contributed by atoms with Crippen LogP contribution in [0, 0.1) is 0 Å². The molecule has 0 bridgehead atoms. The number of rotatable bonds is 5. The molecule has 1 aliphatic carbocycles. The summed E-state index contributed by atoms with van der Waals surface area (Å²) in [6.45, 7) is 4.62. The first-order chi connectivity index (χ1) is 32.5. The zero-order chi connectivity index (χ0) is 43.7. The third kappa shape index (κ3) is 5.09. The minimum Gasteiger partial charge on any atom is -0.453 e. The summed E-state index contributed by atoms with van der Waals surface area (Å²) in [6.07, 6.45) is 0. The van der Waals surface area contributed by atoms with Crippen LogP contribution in [-0.4, -0.2) is 24.1 Å². The first-order valence-electron chi connectivity index (χ1n) is 22.5. The minimum absolute atomic E-state index is 0.183. The van der Waals surface area contributed by atoms with Gasteiger partial charge in [0.1, 0.15) is 5.58 Å². The molecule has 310 valence electrons. The van der Waals surface area contributed by atoms with Gasteiger partial charge in [-0.25, -0.2) is 4.98 Å². The van der Waals surface area contributed by atoms with Gasteiger partial charge in [0.15, 0.2) is 17.2 Å². The molecule has 0 amide bonds. The molecule has 0 radical (unpaired) electrons. The highest BCUT2D eigenvalue weighted by molar-refractivity contribution is 6.24. The summed E-state index contributed by atoms with van der Waals surface area (Å²) in [5.41, 5.74) is 15.7. The highest BCUT2D eigenvalue weighted by atomic mass is 16.3. The van der Waals surface area contributed by atoms with E-state index in [0.717, 1.165) is 93.5 Å². The predicted molar refractivity (Wildman–Crippen MR) is 270 cm³/mol. The number of hydrogen-bond acceptors (Lipinski definition) is 4. The molecule has 0 aliphatic heterocycles. The average Bonchev–Trinajstić information content (AvgIpc) is 4.10. The van der Waals surface area contributed by atoms with Crippen molar-refractivity contribution < 1.29 is 4.42 Å². The van der Waals surface area contributed by atoms with Gasteiger partial charge >= 0.3 is 0 Å². The van der Waals surface area contributed by atoms with Gasteiger partial charge in [-0.05, 0) is 46.0 Å². The minimum atomic E-state index is -0.183. The van der Waals surface area contributed by atoms with E-state index in [9.17, 15) is 0 Å². The topological polar surface area (TPSA) is 61.7 Å². The molecule has 66 heavy (non-hydrogen) atoms. The Balaban J connectivity index is 1.11. The molecule has 0 spiro atoms. The Morgan fingerprint density at radius 2 is 0.909 bits per heavy atom. The van der Waals surface area contributed by atoms with Crippen LogP contribution in [0.5, 0.6) is 0 Å². The Hall–Kier alpha value is -8.61.